The Morgan fingerprint density at radius 3 is 2.86 bits per heavy atom. The number of rotatable bonds is 4. The summed E-state index contributed by atoms with van der Waals surface area (Å²) in [4.78, 5) is 16.2. The summed E-state index contributed by atoms with van der Waals surface area (Å²) in [6.45, 7) is 5.34. The molecule has 2 aliphatic rings. The molecule has 0 aromatic heterocycles. The number of hydrogen-bond donors (Lipinski definition) is 1. The molecule has 114 valence electrons. The quantitative estimate of drug-likeness (QED) is 0.919. The van der Waals surface area contributed by atoms with Crippen molar-refractivity contribution in [2.45, 2.75) is 38.8 Å². The molecule has 21 heavy (non-hydrogen) atoms. The lowest BCUT2D eigenvalue weighted by Crippen LogP contribution is -2.35. The summed E-state index contributed by atoms with van der Waals surface area (Å²) in [6.07, 6.45) is 3.63. The van der Waals surface area contributed by atoms with E-state index in [2.05, 4.69) is 35.3 Å². The molecule has 1 saturated carbocycles. The van der Waals surface area contributed by atoms with E-state index in [0.717, 1.165) is 26.1 Å². The average Bonchev–Trinajstić information content (AvgIpc) is 3.28. The van der Waals surface area contributed by atoms with E-state index in [-0.39, 0.29) is 5.91 Å². The Bertz CT molecular complexity index is 525. The normalized spacial score (nSPS) is 19.8. The van der Waals surface area contributed by atoms with Gasteiger partial charge in [0.05, 0.1) is 6.54 Å². The van der Waals surface area contributed by atoms with Crippen LogP contribution in [0.4, 0.5) is 5.69 Å². The molecule has 1 saturated heterocycles. The number of carbonyl (C=O) groups is 1. The highest BCUT2D eigenvalue weighted by Gasteiger charge is 2.23. The summed E-state index contributed by atoms with van der Waals surface area (Å²) >= 11 is 0. The second-order valence-electron chi connectivity index (χ2n) is 6.38. The predicted octanol–water partition coefficient (Wildman–Crippen LogP) is 1.92. The van der Waals surface area contributed by atoms with Gasteiger partial charge in [-0.3, -0.25) is 4.79 Å². The zero-order valence-corrected chi connectivity index (χ0v) is 13.1. The third kappa shape index (κ3) is 3.56. The van der Waals surface area contributed by atoms with Gasteiger partial charge in [-0.05, 0) is 37.8 Å². The first-order valence-electron chi connectivity index (χ1n) is 7.95. The van der Waals surface area contributed by atoms with Crippen LogP contribution < -0.4 is 10.2 Å². The molecular weight excluding hydrogens is 262 g/mol. The first kappa shape index (κ1) is 14.4. The van der Waals surface area contributed by atoms with Gasteiger partial charge >= 0.3 is 0 Å². The summed E-state index contributed by atoms with van der Waals surface area (Å²) < 4.78 is 0. The molecule has 2 fully saturated rings. The monoisotopic (exact) mass is 287 g/mol. The Balaban J connectivity index is 1.80. The van der Waals surface area contributed by atoms with Gasteiger partial charge in [-0.2, -0.15) is 0 Å². The van der Waals surface area contributed by atoms with Crippen molar-refractivity contribution in [2.24, 2.45) is 0 Å². The van der Waals surface area contributed by atoms with Crippen molar-refractivity contribution in [3.63, 3.8) is 0 Å². The zero-order valence-electron chi connectivity index (χ0n) is 13.1. The van der Waals surface area contributed by atoms with Gasteiger partial charge in [-0.25, -0.2) is 0 Å². The molecule has 3 rings (SSSR count). The first-order valence-corrected chi connectivity index (χ1v) is 7.95. The van der Waals surface area contributed by atoms with Crippen LogP contribution in [0.1, 0.15) is 30.4 Å². The van der Waals surface area contributed by atoms with Gasteiger partial charge in [0.1, 0.15) is 0 Å². The number of likely N-dealkylation sites (N-methyl/N-ethyl adjacent to an activating group) is 1. The second-order valence-corrected chi connectivity index (χ2v) is 6.38. The van der Waals surface area contributed by atoms with E-state index in [1.54, 1.807) is 0 Å². The Morgan fingerprint density at radius 2 is 2.10 bits per heavy atom. The molecule has 1 aromatic carbocycles. The summed E-state index contributed by atoms with van der Waals surface area (Å²) in [5.41, 5.74) is 3.82. The molecule has 0 spiro atoms. The van der Waals surface area contributed by atoms with Gasteiger partial charge in [-0.1, -0.05) is 17.7 Å². The fraction of sp³-hybridized carbons (Fsp3) is 0.588. The number of nitrogens with zero attached hydrogens (tertiary/aromatic N) is 2. The SMILES string of the molecule is Cc1ccc(N2CCCN(C)C(=O)C2)c(CNC2CC2)c1. The van der Waals surface area contributed by atoms with Crippen LogP contribution in [0, 0.1) is 6.92 Å². The second kappa shape index (κ2) is 6.06. The maximum absolute atomic E-state index is 12.1. The number of amides is 1. The van der Waals surface area contributed by atoms with Crippen LogP contribution in [0.2, 0.25) is 0 Å². The first-order chi connectivity index (χ1) is 10.1. The largest absolute Gasteiger partial charge is 0.362 e. The van der Waals surface area contributed by atoms with Gasteiger partial charge < -0.3 is 15.1 Å². The zero-order chi connectivity index (χ0) is 14.8. The van der Waals surface area contributed by atoms with E-state index in [4.69, 9.17) is 0 Å². The minimum atomic E-state index is 0.217. The lowest BCUT2D eigenvalue weighted by molar-refractivity contribution is -0.127. The van der Waals surface area contributed by atoms with Crippen molar-refractivity contribution in [3.8, 4) is 0 Å². The summed E-state index contributed by atoms with van der Waals surface area (Å²) in [6, 6.07) is 7.28. The van der Waals surface area contributed by atoms with Crippen molar-refractivity contribution in [1.82, 2.24) is 10.2 Å². The van der Waals surface area contributed by atoms with E-state index in [9.17, 15) is 4.79 Å². The molecule has 4 nitrogen and oxygen atoms in total. The molecule has 1 aromatic rings. The summed E-state index contributed by atoms with van der Waals surface area (Å²) in [5.74, 6) is 0.217. The lowest BCUT2D eigenvalue weighted by atomic mass is 10.1. The van der Waals surface area contributed by atoms with Crippen LogP contribution in [0.25, 0.3) is 0 Å². The van der Waals surface area contributed by atoms with Crippen molar-refractivity contribution in [3.05, 3.63) is 29.3 Å². The van der Waals surface area contributed by atoms with E-state index in [0.29, 0.717) is 12.6 Å². The van der Waals surface area contributed by atoms with Crippen LogP contribution >= 0.6 is 0 Å². The molecule has 0 bridgehead atoms. The van der Waals surface area contributed by atoms with Crippen LogP contribution in [0.15, 0.2) is 18.2 Å². The smallest absolute Gasteiger partial charge is 0.241 e. The Morgan fingerprint density at radius 1 is 1.29 bits per heavy atom. The van der Waals surface area contributed by atoms with Crippen molar-refractivity contribution < 1.29 is 4.79 Å². The standard InChI is InChI=1S/C17H25N3O/c1-13-4-7-16(14(10-13)11-18-15-5-6-15)20-9-3-8-19(2)17(21)12-20/h4,7,10,15,18H,3,5-6,8-9,11-12H2,1-2H3. The topological polar surface area (TPSA) is 35.6 Å². The van der Waals surface area contributed by atoms with E-state index in [1.807, 2.05) is 11.9 Å². The molecule has 0 atom stereocenters. The maximum Gasteiger partial charge on any atom is 0.241 e. The summed E-state index contributed by atoms with van der Waals surface area (Å²) in [5, 5.41) is 3.59. The number of aryl methyl sites for hydroxylation is 1. The molecule has 4 heteroatoms. The molecule has 0 unspecified atom stereocenters. The molecular formula is C17H25N3O. The average molecular weight is 287 g/mol. The van der Waals surface area contributed by atoms with E-state index < -0.39 is 0 Å². The molecule has 1 heterocycles. The number of nitrogens with one attached hydrogen (secondary N) is 1. The predicted molar refractivity (Wildman–Crippen MR) is 85.5 cm³/mol. The molecule has 1 aliphatic heterocycles. The minimum absolute atomic E-state index is 0.217. The highest BCUT2D eigenvalue weighted by molar-refractivity contribution is 5.82. The third-order valence-corrected chi connectivity index (χ3v) is 4.41. The van der Waals surface area contributed by atoms with Gasteiger partial charge in [0.25, 0.3) is 0 Å². The van der Waals surface area contributed by atoms with Crippen molar-refractivity contribution >= 4 is 11.6 Å². The van der Waals surface area contributed by atoms with Crippen LogP contribution in [-0.4, -0.2) is 43.5 Å². The van der Waals surface area contributed by atoms with Gasteiger partial charge in [0.15, 0.2) is 0 Å². The highest BCUT2D eigenvalue weighted by atomic mass is 16.2. The van der Waals surface area contributed by atoms with Crippen molar-refractivity contribution in [1.29, 1.82) is 0 Å². The Labute approximate surface area is 127 Å². The molecule has 1 amide bonds. The molecule has 1 N–H and O–H groups in total. The van der Waals surface area contributed by atoms with Crippen molar-refractivity contribution in [2.75, 3.05) is 31.6 Å². The third-order valence-electron chi connectivity index (χ3n) is 4.41. The number of anilines is 1. The molecule has 0 radical (unpaired) electrons. The fourth-order valence-electron chi connectivity index (χ4n) is 2.90. The molecule has 1 aliphatic carbocycles. The van der Waals surface area contributed by atoms with Crippen LogP contribution in [0.5, 0.6) is 0 Å². The Hall–Kier alpha value is -1.55. The van der Waals surface area contributed by atoms with E-state index in [1.165, 1.54) is 29.7 Å². The number of carbonyl (C=O) groups excluding carboxylic acids is 1. The highest BCUT2D eigenvalue weighted by Crippen LogP contribution is 2.25. The minimum Gasteiger partial charge on any atom is -0.362 e. The van der Waals surface area contributed by atoms with Crippen LogP contribution in [-0.2, 0) is 11.3 Å². The van der Waals surface area contributed by atoms with Gasteiger partial charge in [0.2, 0.25) is 5.91 Å². The summed E-state index contributed by atoms with van der Waals surface area (Å²) in [7, 11) is 1.90. The van der Waals surface area contributed by atoms with E-state index >= 15 is 0 Å². The maximum atomic E-state index is 12.1. The van der Waals surface area contributed by atoms with Crippen LogP contribution in [0.3, 0.4) is 0 Å². The lowest BCUT2D eigenvalue weighted by Gasteiger charge is -2.25. The fourth-order valence-corrected chi connectivity index (χ4v) is 2.90. The van der Waals surface area contributed by atoms with Gasteiger partial charge in [0, 0.05) is 38.4 Å². The Kier molecular flexibility index (Phi) is 4.15. The number of hydrogen-bond acceptors (Lipinski definition) is 3. The van der Waals surface area contributed by atoms with Gasteiger partial charge in [-0.15, -0.1) is 0 Å². The number of benzene rings is 1.